The second kappa shape index (κ2) is 3.46. The number of hydrogen-bond acceptors (Lipinski definition) is 2. The lowest BCUT2D eigenvalue weighted by Crippen LogP contribution is -1.96. The van der Waals surface area contributed by atoms with Crippen LogP contribution in [0.5, 0.6) is 0 Å². The van der Waals surface area contributed by atoms with E-state index in [9.17, 15) is 4.79 Å². The summed E-state index contributed by atoms with van der Waals surface area (Å²) in [6.45, 7) is 1.46. The largest absolute Gasteiger partial charge is 0.399 e. The number of nitrogen functional groups attached to an aromatic ring is 1. The molecule has 4 heteroatoms. The lowest BCUT2D eigenvalue weighted by molar-refractivity contribution is 0.101. The number of rotatable bonds is 1. The monoisotopic (exact) mass is 247 g/mol. The molecule has 0 heterocycles. The number of carbonyl (C=O) groups is 1. The van der Waals surface area contributed by atoms with Gasteiger partial charge in [-0.15, -0.1) is 0 Å². The number of ketones is 1. The first-order chi connectivity index (χ1) is 5.52. The van der Waals surface area contributed by atoms with Crippen molar-refractivity contribution in [3.05, 3.63) is 27.2 Å². The number of anilines is 1. The predicted octanol–water partition coefficient (Wildman–Crippen LogP) is 2.89. The third-order valence-electron chi connectivity index (χ3n) is 1.42. The molecule has 1 aromatic carbocycles. The molecule has 0 unspecified atom stereocenters. The number of hydrogen-bond donors (Lipinski definition) is 1. The minimum Gasteiger partial charge on any atom is -0.399 e. The predicted molar refractivity (Wildman–Crippen MR) is 53.6 cm³/mol. The third-order valence-corrected chi connectivity index (χ3v) is 2.34. The molecule has 0 aliphatic heterocycles. The standard InChI is InChI=1S/C8H7BrClNO/c1-4(12)8-6(9)2-5(11)3-7(8)10/h2-3H,11H2,1H3. The van der Waals surface area contributed by atoms with Gasteiger partial charge in [-0.25, -0.2) is 0 Å². The summed E-state index contributed by atoms with van der Waals surface area (Å²) in [7, 11) is 0. The number of nitrogens with two attached hydrogens (primary N) is 1. The smallest absolute Gasteiger partial charge is 0.162 e. The molecule has 1 rings (SSSR count). The summed E-state index contributed by atoms with van der Waals surface area (Å²) in [5, 5.41) is 0.384. The summed E-state index contributed by atoms with van der Waals surface area (Å²) in [5.41, 5.74) is 6.52. The number of carbonyl (C=O) groups excluding carboxylic acids is 1. The van der Waals surface area contributed by atoms with Gasteiger partial charge in [-0.05, 0) is 35.0 Å². The average Bonchev–Trinajstić information content (AvgIpc) is 1.82. The molecule has 12 heavy (non-hydrogen) atoms. The number of benzene rings is 1. The van der Waals surface area contributed by atoms with Crippen LogP contribution in [0.3, 0.4) is 0 Å². The third kappa shape index (κ3) is 1.79. The number of halogens is 2. The number of Topliss-reactive ketones (excluding diaryl/α,β-unsaturated/α-hetero) is 1. The molecule has 0 bridgehead atoms. The summed E-state index contributed by atoms with van der Waals surface area (Å²) >= 11 is 9.01. The van der Waals surface area contributed by atoms with Gasteiger partial charge >= 0.3 is 0 Å². The minimum atomic E-state index is -0.0770. The van der Waals surface area contributed by atoms with Crippen molar-refractivity contribution in [3.63, 3.8) is 0 Å². The van der Waals surface area contributed by atoms with Crippen LogP contribution in [0.15, 0.2) is 16.6 Å². The summed E-state index contributed by atoms with van der Waals surface area (Å²) < 4.78 is 0.639. The van der Waals surface area contributed by atoms with Crippen molar-refractivity contribution in [2.45, 2.75) is 6.92 Å². The molecule has 0 aliphatic rings. The van der Waals surface area contributed by atoms with Gasteiger partial charge in [-0.2, -0.15) is 0 Å². The fourth-order valence-electron chi connectivity index (χ4n) is 0.929. The van der Waals surface area contributed by atoms with Crippen LogP contribution in [0.1, 0.15) is 17.3 Å². The van der Waals surface area contributed by atoms with Gasteiger partial charge in [0.15, 0.2) is 5.78 Å². The van der Waals surface area contributed by atoms with Gasteiger partial charge in [0.05, 0.1) is 10.6 Å². The molecule has 64 valence electrons. The van der Waals surface area contributed by atoms with Crippen molar-refractivity contribution in [1.82, 2.24) is 0 Å². The van der Waals surface area contributed by atoms with E-state index < -0.39 is 0 Å². The Kier molecular flexibility index (Phi) is 2.75. The van der Waals surface area contributed by atoms with Gasteiger partial charge in [0.2, 0.25) is 0 Å². The van der Waals surface area contributed by atoms with Crippen LogP contribution in [-0.2, 0) is 0 Å². The zero-order chi connectivity index (χ0) is 9.30. The molecule has 1 aromatic rings. The van der Waals surface area contributed by atoms with E-state index in [2.05, 4.69) is 15.9 Å². The van der Waals surface area contributed by atoms with Gasteiger partial charge in [-0.1, -0.05) is 11.6 Å². The van der Waals surface area contributed by atoms with E-state index in [0.717, 1.165) is 0 Å². The fraction of sp³-hybridized carbons (Fsp3) is 0.125. The summed E-state index contributed by atoms with van der Waals surface area (Å²) in [6.07, 6.45) is 0. The van der Waals surface area contributed by atoms with E-state index in [1.807, 2.05) is 0 Å². The molecule has 0 aliphatic carbocycles. The maximum atomic E-state index is 11.0. The molecule has 2 nitrogen and oxygen atoms in total. The Morgan fingerprint density at radius 1 is 1.58 bits per heavy atom. The van der Waals surface area contributed by atoms with E-state index in [-0.39, 0.29) is 5.78 Å². The first-order valence-corrected chi connectivity index (χ1v) is 4.45. The summed E-state index contributed by atoms with van der Waals surface area (Å²) in [5.74, 6) is -0.0770. The highest BCUT2D eigenvalue weighted by atomic mass is 79.9. The summed E-state index contributed by atoms with van der Waals surface area (Å²) in [4.78, 5) is 11.0. The molecule has 0 saturated carbocycles. The van der Waals surface area contributed by atoms with Gasteiger partial charge in [0, 0.05) is 10.2 Å². The first-order valence-electron chi connectivity index (χ1n) is 3.28. The van der Waals surface area contributed by atoms with Crippen LogP contribution in [0.25, 0.3) is 0 Å². The first kappa shape index (κ1) is 9.55. The van der Waals surface area contributed by atoms with Crippen LogP contribution in [-0.4, -0.2) is 5.78 Å². The van der Waals surface area contributed by atoms with Gasteiger partial charge < -0.3 is 5.73 Å². The van der Waals surface area contributed by atoms with Crippen LogP contribution in [0.4, 0.5) is 5.69 Å². The Balaban J connectivity index is 3.38. The van der Waals surface area contributed by atoms with Gasteiger partial charge in [0.25, 0.3) is 0 Å². The average molecular weight is 249 g/mol. The zero-order valence-electron chi connectivity index (χ0n) is 6.40. The maximum absolute atomic E-state index is 11.0. The minimum absolute atomic E-state index is 0.0770. The van der Waals surface area contributed by atoms with Gasteiger partial charge in [0.1, 0.15) is 0 Å². The molecular weight excluding hydrogens is 241 g/mol. The van der Waals surface area contributed by atoms with Crippen LogP contribution in [0.2, 0.25) is 5.02 Å². The highest BCUT2D eigenvalue weighted by molar-refractivity contribution is 9.10. The van der Waals surface area contributed by atoms with Crippen molar-refractivity contribution in [2.24, 2.45) is 0 Å². The topological polar surface area (TPSA) is 43.1 Å². The molecule has 0 amide bonds. The Morgan fingerprint density at radius 2 is 2.17 bits per heavy atom. The van der Waals surface area contributed by atoms with Gasteiger partial charge in [-0.3, -0.25) is 4.79 Å². The van der Waals surface area contributed by atoms with Crippen molar-refractivity contribution in [3.8, 4) is 0 Å². The van der Waals surface area contributed by atoms with Crippen molar-refractivity contribution < 1.29 is 4.79 Å². The molecule has 0 saturated heterocycles. The maximum Gasteiger partial charge on any atom is 0.162 e. The fourth-order valence-corrected chi connectivity index (χ4v) is 2.16. The Bertz CT molecular complexity index is 315. The molecule has 0 atom stereocenters. The van der Waals surface area contributed by atoms with E-state index in [1.165, 1.54) is 6.92 Å². The Labute approximate surface area is 83.8 Å². The molecule has 0 aromatic heterocycles. The normalized spacial score (nSPS) is 9.92. The molecular formula is C8H7BrClNO. The highest BCUT2D eigenvalue weighted by Crippen LogP contribution is 2.28. The van der Waals surface area contributed by atoms with Crippen molar-refractivity contribution >= 4 is 39.0 Å². The Hall–Kier alpha value is -0.540. The molecule has 0 radical (unpaired) electrons. The van der Waals surface area contributed by atoms with Crippen molar-refractivity contribution in [2.75, 3.05) is 5.73 Å². The molecule has 0 fully saturated rings. The quantitative estimate of drug-likeness (QED) is 0.613. The van der Waals surface area contributed by atoms with E-state index in [1.54, 1.807) is 12.1 Å². The van der Waals surface area contributed by atoms with Crippen LogP contribution < -0.4 is 5.73 Å². The van der Waals surface area contributed by atoms with Crippen LogP contribution >= 0.6 is 27.5 Å². The van der Waals surface area contributed by atoms with E-state index in [0.29, 0.717) is 20.7 Å². The highest BCUT2D eigenvalue weighted by Gasteiger charge is 2.10. The zero-order valence-corrected chi connectivity index (χ0v) is 8.74. The Morgan fingerprint density at radius 3 is 2.58 bits per heavy atom. The lowest BCUT2D eigenvalue weighted by Gasteiger charge is -2.03. The second-order valence-corrected chi connectivity index (χ2v) is 3.68. The lowest BCUT2D eigenvalue weighted by atomic mass is 10.1. The molecule has 2 N–H and O–H groups in total. The SMILES string of the molecule is CC(=O)c1c(Cl)cc(N)cc1Br. The van der Waals surface area contributed by atoms with Crippen LogP contribution in [0, 0.1) is 0 Å². The van der Waals surface area contributed by atoms with Crippen molar-refractivity contribution in [1.29, 1.82) is 0 Å². The van der Waals surface area contributed by atoms with E-state index >= 15 is 0 Å². The summed E-state index contributed by atoms with van der Waals surface area (Å²) in [6, 6.07) is 3.21. The second-order valence-electron chi connectivity index (χ2n) is 2.42. The molecule has 0 spiro atoms. The van der Waals surface area contributed by atoms with E-state index in [4.69, 9.17) is 17.3 Å².